The summed E-state index contributed by atoms with van der Waals surface area (Å²) in [6.07, 6.45) is 1.94. The van der Waals surface area contributed by atoms with Crippen molar-refractivity contribution < 1.29 is 13.2 Å². The second-order valence-corrected chi connectivity index (χ2v) is 8.67. The van der Waals surface area contributed by atoms with Crippen LogP contribution in [-0.4, -0.2) is 38.9 Å². The average Bonchev–Trinajstić information content (AvgIpc) is 3.16. The van der Waals surface area contributed by atoms with E-state index in [4.69, 9.17) is 0 Å². The second kappa shape index (κ2) is 7.58. The highest BCUT2D eigenvalue weighted by atomic mass is 79.9. The van der Waals surface area contributed by atoms with E-state index in [9.17, 15) is 13.2 Å². The Hall–Kier alpha value is -1.86. The van der Waals surface area contributed by atoms with Gasteiger partial charge in [0.05, 0.1) is 10.6 Å². The molecule has 25 heavy (non-hydrogen) atoms. The number of hydrogen-bond donors (Lipinski definition) is 0. The van der Waals surface area contributed by atoms with E-state index in [1.54, 1.807) is 59.5 Å². The molecule has 1 aliphatic heterocycles. The number of anilines is 1. The molecule has 0 spiro atoms. The van der Waals surface area contributed by atoms with Gasteiger partial charge in [0.1, 0.15) is 6.54 Å². The first kappa shape index (κ1) is 17.9. The average molecular weight is 423 g/mol. The minimum atomic E-state index is -3.82. The zero-order valence-corrected chi connectivity index (χ0v) is 16.0. The first-order chi connectivity index (χ1) is 12.0. The monoisotopic (exact) mass is 422 g/mol. The fourth-order valence-electron chi connectivity index (χ4n) is 2.83. The van der Waals surface area contributed by atoms with Crippen LogP contribution in [0.1, 0.15) is 12.8 Å². The van der Waals surface area contributed by atoms with Gasteiger partial charge in [0.2, 0.25) is 5.91 Å². The third-order valence-corrected chi connectivity index (χ3v) is 6.50. The number of sulfonamides is 1. The van der Waals surface area contributed by atoms with Crippen LogP contribution in [0.4, 0.5) is 5.69 Å². The number of rotatable bonds is 5. The first-order valence-electron chi connectivity index (χ1n) is 8.09. The summed E-state index contributed by atoms with van der Waals surface area (Å²) in [5.41, 5.74) is 0.472. The lowest BCUT2D eigenvalue weighted by atomic mass is 10.3. The molecule has 0 N–H and O–H groups in total. The fourth-order valence-corrected chi connectivity index (χ4v) is 4.53. The SMILES string of the molecule is O=C(CN(c1ccc(Br)cc1)S(=O)(=O)c1ccccc1)N1CCCC1. The van der Waals surface area contributed by atoms with E-state index < -0.39 is 10.0 Å². The van der Waals surface area contributed by atoms with Crippen LogP contribution in [-0.2, 0) is 14.8 Å². The Bertz CT molecular complexity index is 832. The summed E-state index contributed by atoms with van der Waals surface area (Å²) in [5, 5.41) is 0. The maximum Gasteiger partial charge on any atom is 0.264 e. The molecular weight excluding hydrogens is 404 g/mol. The van der Waals surface area contributed by atoms with Gasteiger partial charge in [-0.15, -0.1) is 0 Å². The van der Waals surface area contributed by atoms with Crippen molar-refractivity contribution in [1.29, 1.82) is 0 Å². The van der Waals surface area contributed by atoms with Crippen LogP contribution in [0.5, 0.6) is 0 Å². The number of amides is 1. The topological polar surface area (TPSA) is 57.7 Å². The molecule has 1 heterocycles. The van der Waals surface area contributed by atoms with Crippen molar-refractivity contribution >= 4 is 37.5 Å². The molecule has 1 amide bonds. The van der Waals surface area contributed by atoms with Crippen molar-refractivity contribution in [2.75, 3.05) is 23.9 Å². The van der Waals surface area contributed by atoms with Gasteiger partial charge in [-0.05, 0) is 49.2 Å². The Morgan fingerprint density at radius 1 is 1.00 bits per heavy atom. The summed E-state index contributed by atoms with van der Waals surface area (Å²) in [7, 11) is -3.82. The molecule has 1 saturated heterocycles. The lowest BCUT2D eigenvalue weighted by Gasteiger charge is -2.26. The molecule has 1 fully saturated rings. The molecule has 0 atom stereocenters. The molecule has 7 heteroatoms. The van der Waals surface area contributed by atoms with Crippen LogP contribution in [0.3, 0.4) is 0 Å². The Morgan fingerprint density at radius 3 is 2.20 bits per heavy atom. The summed E-state index contributed by atoms with van der Waals surface area (Å²) < 4.78 is 28.3. The van der Waals surface area contributed by atoms with Crippen molar-refractivity contribution in [3.05, 3.63) is 59.1 Å². The molecule has 1 aliphatic rings. The maximum atomic E-state index is 13.1. The smallest absolute Gasteiger partial charge is 0.264 e. The summed E-state index contributed by atoms with van der Waals surface area (Å²) in [4.78, 5) is 14.5. The molecule has 0 saturated carbocycles. The van der Waals surface area contributed by atoms with E-state index in [1.165, 1.54) is 4.31 Å². The summed E-state index contributed by atoms with van der Waals surface area (Å²) in [6.45, 7) is 1.19. The van der Waals surface area contributed by atoms with Crippen molar-refractivity contribution in [2.24, 2.45) is 0 Å². The van der Waals surface area contributed by atoms with Gasteiger partial charge in [0, 0.05) is 17.6 Å². The van der Waals surface area contributed by atoms with Crippen LogP contribution in [0.2, 0.25) is 0 Å². The highest BCUT2D eigenvalue weighted by Crippen LogP contribution is 2.25. The van der Waals surface area contributed by atoms with E-state index in [0.717, 1.165) is 17.3 Å². The summed E-state index contributed by atoms with van der Waals surface area (Å²) in [6, 6.07) is 15.1. The molecule has 0 aromatic heterocycles. The Morgan fingerprint density at radius 2 is 1.60 bits per heavy atom. The summed E-state index contributed by atoms with van der Waals surface area (Å²) >= 11 is 3.35. The predicted octanol–water partition coefficient (Wildman–Crippen LogP) is 3.27. The van der Waals surface area contributed by atoms with Crippen LogP contribution >= 0.6 is 15.9 Å². The highest BCUT2D eigenvalue weighted by molar-refractivity contribution is 9.10. The minimum absolute atomic E-state index is 0.167. The zero-order valence-electron chi connectivity index (χ0n) is 13.6. The van der Waals surface area contributed by atoms with E-state index in [1.807, 2.05) is 0 Å². The fraction of sp³-hybridized carbons (Fsp3) is 0.278. The number of benzene rings is 2. The lowest BCUT2D eigenvalue weighted by Crippen LogP contribution is -2.42. The van der Waals surface area contributed by atoms with Crippen molar-refractivity contribution in [1.82, 2.24) is 4.90 Å². The van der Waals surface area contributed by atoms with Gasteiger partial charge in [0.25, 0.3) is 10.0 Å². The van der Waals surface area contributed by atoms with E-state index in [-0.39, 0.29) is 17.3 Å². The molecular formula is C18H19BrN2O3S. The normalized spacial score (nSPS) is 14.5. The summed E-state index contributed by atoms with van der Waals surface area (Å²) in [5.74, 6) is -0.167. The van der Waals surface area contributed by atoms with Crippen LogP contribution in [0, 0.1) is 0 Å². The molecule has 2 aromatic rings. The highest BCUT2D eigenvalue weighted by Gasteiger charge is 2.29. The van der Waals surface area contributed by atoms with Crippen LogP contribution < -0.4 is 4.31 Å². The molecule has 0 aliphatic carbocycles. The van der Waals surface area contributed by atoms with Gasteiger partial charge in [-0.25, -0.2) is 8.42 Å². The third-order valence-electron chi connectivity index (χ3n) is 4.18. The number of hydrogen-bond acceptors (Lipinski definition) is 3. The van der Waals surface area contributed by atoms with Crippen LogP contribution in [0.15, 0.2) is 64.0 Å². The molecule has 0 radical (unpaired) electrons. The third kappa shape index (κ3) is 4.04. The number of halogens is 1. The quantitative estimate of drug-likeness (QED) is 0.742. The molecule has 3 rings (SSSR count). The number of carbonyl (C=O) groups is 1. The Balaban J connectivity index is 1.96. The molecule has 5 nitrogen and oxygen atoms in total. The Labute approximate surface area is 156 Å². The van der Waals surface area contributed by atoms with E-state index in [2.05, 4.69) is 15.9 Å². The van der Waals surface area contributed by atoms with Gasteiger partial charge in [-0.2, -0.15) is 0 Å². The van der Waals surface area contributed by atoms with E-state index in [0.29, 0.717) is 18.8 Å². The molecule has 132 valence electrons. The maximum absolute atomic E-state index is 13.1. The number of nitrogens with zero attached hydrogens (tertiary/aromatic N) is 2. The lowest BCUT2D eigenvalue weighted by molar-refractivity contribution is -0.128. The van der Waals surface area contributed by atoms with Crippen molar-refractivity contribution in [2.45, 2.75) is 17.7 Å². The van der Waals surface area contributed by atoms with Gasteiger partial charge in [-0.1, -0.05) is 34.1 Å². The molecule has 0 unspecified atom stereocenters. The van der Waals surface area contributed by atoms with Gasteiger partial charge in [0.15, 0.2) is 0 Å². The Kier molecular flexibility index (Phi) is 5.44. The number of likely N-dealkylation sites (tertiary alicyclic amines) is 1. The first-order valence-corrected chi connectivity index (χ1v) is 10.3. The van der Waals surface area contributed by atoms with Crippen LogP contribution in [0.25, 0.3) is 0 Å². The predicted molar refractivity (Wildman–Crippen MR) is 101 cm³/mol. The van der Waals surface area contributed by atoms with Crippen molar-refractivity contribution in [3.8, 4) is 0 Å². The van der Waals surface area contributed by atoms with Gasteiger partial charge >= 0.3 is 0 Å². The zero-order chi connectivity index (χ0) is 17.9. The van der Waals surface area contributed by atoms with Crippen molar-refractivity contribution in [3.63, 3.8) is 0 Å². The standard InChI is InChI=1S/C18H19BrN2O3S/c19-15-8-10-16(11-9-15)21(14-18(22)20-12-4-5-13-20)25(23,24)17-6-2-1-3-7-17/h1-3,6-11H,4-5,12-14H2. The number of carbonyl (C=O) groups excluding carboxylic acids is 1. The molecule has 0 bridgehead atoms. The minimum Gasteiger partial charge on any atom is -0.341 e. The molecule has 2 aromatic carbocycles. The van der Waals surface area contributed by atoms with Gasteiger partial charge < -0.3 is 4.90 Å². The largest absolute Gasteiger partial charge is 0.341 e. The second-order valence-electron chi connectivity index (χ2n) is 5.89. The van der Waals surface area contributed by atoms with Gasteiger partial charge in [-0.3, -0.25) is 9.10 Å². The van der Waals surface area contributed by atoms with E-state index >= 15 is 0 Å².